The standard InChI is InChI=1S/C29H33F5N6O3/c1-43-15-16-10-20(27(35)42)26(36-12-16)24(17-4-7-28(30,31)8-5-17)21-14-40-22(38-21)11-19(13-37-40)25(18-2-3-18)39-23(41)6-9-29(32,33)34/h10-14,17-18,24-25H,2-9,15H2,1H3,(H2,35,42)(H,39,41)/t24-,25-/m1/s1. The van der Waals surface area contributed by atoms with Gasteiger partial charge in [-0.05, 0) is 60.8 Å². The molecule has 0 unspecified atom stereocenters. The van der Waals surface area contributed by atoms with Crippen molar-refractivity contribution in [2.24, 2.45) is 17.6 Å². The molecule has 5 rings (SSSR count). The van der Waals surface area contributed by atoms with Crippen molar-refractivity contribution in [1.82, 2.24) is 24.9 Å². The first-order valence-electron chi connectivity index (χ1n) is 14.2. The number of nitrogens with two attached hydrogens (primary N) is 1. The Morgan fingerprint density at radius 2 is 1.86 bits per heavy atom. The molecule has 2 saturated carbocycles. The first-order chi connectivity index (χ1) is 20.3. The van der Waals surface area contributed by atoms with Gasteiger partial charge in [-0.3, -0.25) is 14.6 Å². The third-order valence-corrected chi connectivity index (χ3v) is 8.16. The second kappa shape index (κ2) is 12.1. The maximum absolute atomic E-state index is 14.1. The minimum atomic E-state index is -4.43. The number of nitrogens with one attached hydrogen (secondary N) is 1. The van der Waals surface area contributed by atoms with Crippen LogP contribution >= 0.6 is 0 Å². The van der Waals surface area contributed by atoms with Gasteiger partial charge in [0.25, 0.3) is 5.91 Å². The van der Waals surface area contributed by atoms with Gasteiger partial charge in [-0.2, -0.15) is 18.3 Å². The van der Waals surface area contributed by atoms with E-state index in [-0.39, 0.29) is 49.7 Å². The Kier molecular flexibility index (Phi) is 8.68. The first kappa shape index (κ1) is 30.8. The van der Waals surface area contributed by atoms with Gasteiger partial charge >= 0.3 is 6.18 Å². The molecule has 232 valence electrons. The Bertz CT molecular complexity index is 1480. The van der Waals surface area contributed by atoms with Crippen molar-refractivity contribution < 1.29 is 36.3 Å². The number of nitrogens with zero attached hydrogens (tertiary/aromatic N) is 4. The van der Waals surface area contributed by atoms with Crippen molar-refractivity contribution in [3.05, 3.63) is 58.8 Å². The zero-order valence-corrected chi connectivity index (χ0v) is 23.5. The number of rotatable bonds is 11. The molecule has 9 nitrogen and oxygen atoms in total. The van der Waals surface area contributed by atoms with Crippen molar-refractivity contribution in [3.8, 4) is 0 Å². The summed E-state index contributed by atoms with van der Waals surface area (Å²) in [7, 11) is 1.50. The highest BCUT2D eigenvalue weighted by Crippen LogP contribution is 2.45. The van der Waals surface area contributed by atoms with Crippen molar-refractivity contribution in [2.75, 3.05) is 7.11 Å². The minimum absolute atomic E-state index is 0.0677. The van der Waals surface area contributed by atoms with Crippen LogP contribution in [0.1, 0.15) is 96.2 Å². The van der Waals surface area contributed by atoms with E-state index in [2.05, 4.69) is 15.4 Å². The quantitative estimate of drug-likeness (QED) is 0.287. The maximum atomic E-state index is 14.1. The number of fused-ring (bicyclic) bond motifs is 1. The van der Waals surface area contributed by atoms with Gasteiger partial charge in [0.1, 0.15) is 0 Å². The number of alkyl halides is 5. The molecule has 0 bridgehead atoms. The first-order valence-corrected chi connectivity index (χ1v) is 14.2. The van der Waals surface area contributed by atoms with E-state index in [0.717, 1.165) is 12.8 Å². The molecule has 0 spiro atoms. The van der Waals surface area contributed by atoms with Crippen molar-refractivity contribution in [2.45, 2.75) is 82.0 Å². The monoisotopic (exact) mass is 608 g/mol. The van der Waals surface area contributed by atoms with E-state index >= 15 is 0 Å². The predicted molar refractivity (Wildman–Crippen MR) is 144 cm³/mol. The fourth-order valence-corrected chi connectivity index (χ4v) is 5.84. The van der Waals surface area contributed by atoms with Gasteiger partial charge in [-0.25, -0.2) is 18.3 Å². The Hall–Kier alpha value is -3.68. The third-order valence-electron chi connectivity index (χ3n) is 8.16. The molecule has 3 heterocycles. The Balaban J connectivity index is 1.49. The highest BCUT2D eigenvalue weighted by molar-refractivity contribution is 5.94. The van der Waals surface area contributed by atoms with Crippen LogP contribution in [0.3, 0.4) is 0 Å². The van der Waals surface area contributed by atoms with Crippen LogP contribution in [0.25, 0.3) is 5.65 Å². The van der Waals surface area contributed by atoms with Crippen LogP contribution in [0.5, 0.6) is 0 Å². The number of amides is 2. The Morgan fingerprint density at radius 3 is 2.49 bits per heavy atom. The molecule has 0 saturated heterocycles. The number of carbonyl (C=O) groups is 2. The zero-order valence-electron chi connectivity index (χ0n) is 23.5. The predicted octanol–water partition coefficient (Wildman–Crippen LogP) is 5.24. The molecular weight excluding hydrogens is 575 g/mol. The van der Waals surface area contributed by atoms with E-state index in [1.165, 1.54) is 17.8 Å². The lowest BCUT2D eigenvalue weighted by molar-refractivity contribution is -0.144. The van der Waals surface area contributed by atoms with Crippen molar-refractivity contribution >= 4 is 17.5 Å². The number of pyridine rings is 1. The fraction of sp³-hybridized carbons (Fsp3) is 0.552. The number of hydrogen-bond donors (Lipinski definition) is 2. The molecule has 0 aliphatic heterocycles. The summed E-state index contributed by atoms with van der Waals surface area (Å²) < 4.78 is 72.8. The molecule has 2 aliphatic carbocycles. The highest BCUT2D eigenvalue weighted by Gasteiger charge is 2.41. The van der Waals surface area contributed by atoms with Gasteiger partial charge in [0, 0.05) is 38.5 Å². The molecule has 2 aliphatic rings. The van der Waals surface area contributed by atoms with Gasteiger partial charge in [0.2, 0.25) is 11.8 Å². The zero-order chi connectivity index (χ0) is 30.9. The van der Waals surface area contributed by atoms with Crippen LogP contribution < -0.4 is 11.1 Å². The lowest BCUT2D eigenvalue weighted by Crippen LogP contribution is -2.30. The van der Waals surface area contributed by atoms with E-state index in [1.807, 2.05) is 0 Å². The van der Waals surface area contributed by atoms with Crippen LogP contribution in [0.15, 0.2) is 30.7 Å². The topological polar surface area (TPSA) is 124 Å². The number of ether oxygens (including phenoxy) is 1. The summed E-state index contributed by atoms with van der Waals surface area (Å²) in [5.74, 6) is -5.07. The summed E-state index contributed by atoms with van der Waals surface area (Å²) in [6.45, 7) is 0.198. The van der Waals surface area contributed by atoms with E-state index < -0.39 is 48.7 Å². The Morgan fingerprint density at radius 1 is 1.14 bits per heavy atom. The van der Waals surface area contributed by atoms with Crippen LogP contribution in [-0.2, 0) is 16.1 Å². The van der Waals surface area contributed by atoms with E-state index in [0.29, 0.717) is 28.2 Å². The number of hydrogen-bond acceptors (Lipinski definition) is 6. The van der Waals surface area contributed by atoms with E-state index in [4.69, 9.17) is 15.5 Å². The van der Waals surface area contributed by atoms with E-state index in [9.17, 15) is 31.5 Å². The maximum Gasteiger partial charge on any atom is 0.389 e. The molecule has 3 aromatic rings. The number of imidazole rings is 1. The average molecular weight is 609 g/mol. The van der Waals surface area contributed by atoms with Crippen LogP contribution in [0.2, 0.25) is 0 Å². The van der Waals surface area contributed by atoms with Crippen LogP contribution in [0.4, 0.5) is 22.0 Å². The summed E-state index contributed by atoms with van der Waals surface area (Å²) >= 11 is 0. The SMILES string of the molecule is COCc1cnc([C@@H](c2cn3ncc([C@H](NC(=O)CCC(F)(F)F)C4CC4)cc3n2)C2CCC(F)(F)CC2)c(C(N)=O)c1. The summed E-state index contributed by atoms with van der Waals surface area (Å²) in [4.78, 5) is 34.2. The molecule has 0 radical (unpaired) electrons. The lowest BCUT2D eigenvalue weighted by atomic mass is 9.75. The lowest BCUT2D eigenvalue weighted by Gasteiger charge is -2.33. The summed E-state index contributed by atoms with van der Waals surface area (Å²) in [5.41, 5.74) is 8.30. The Labute approximate surface area is 244 Å². The third kappa shape index (κ3) is 7.46. The van der Waals surface area contributed by atoms with E-state index in [1.54, 1.807) is 24.5 Å². The van der Waals surface area contributed by atoms with Crippen molar-refractivity contribution in [1.29, 1.82) is 0 Å². The largest absolute Gasteiger partial charge is 0.389 e. The van der Waals surface area contributed by atoms with Gasteiger partial charge < -0.3 is 15.8 Å². The summed E-state index contributed by atoms with van der Waals surface area (Å²) in [5, 5.41) is 7.16. The number of aromatic nitrogens is 4. The average Bonchev–Trinajstić information content (AvgIpc) is 3.70. The smallest absolute Gasteiger partial charge is 0.380 e. The molecule has 3 aromatic heterocycles. The molecule has 2 fully saturated rings. The molecule has 14 heteroatoms. The molecule has 2 amide bonds. The van der Waals surface area contributed by atoms with Gasteiger partial charge in [0.15, 0.2) is 5.65 Å². The second-order valence-electron chi connectivity index (χ2n) is 11.5. The van der Waals surface area contributed by atoms with Crippen LogP contribution in [-0.4, -0.2) is 50.6 Å². The second-order valence-corrected chi connectivity index (χ2v) is 11.5. The molecular formula is C29H33F5N6O3. The number of primary amides is 1. The van der Waals surface area contributed by atoms with Gasteiger partial charge in [0.05, 0.1) is 48.4 Å². The normalized spacial score (nSPS) is 18.8. The van der Waals surface area contributed by atoms with Crippen molar-refractivity contribution in [3.63, 3.8) is 0 Å². The fourth-order valence-electron chi connectivity index (χ4n) is 5.84. The van der Waals surface area contributed by atoms with Gasteiger partial charge in [-0.15, -0.1) is 0 Å². The number of halogens is 5. The molecule has 3 N–H and O–H groups in total. The van der Waals surface area contributed by atoms with Crippen LogP contribution in [0, 0.1) is 11.8 Å². The summed E-state index contributed by atoms with van der Waals surface area (Å²) in [6.07, 6.45) is -0.210. The molecule has 2 atom stereocenters. The molecule has 43 heavy (non-hydrogen) atoms. The van der Waals surface area contributed by atoms with Gasteiger partial charge in [-0.1, -0.05) is 0 Å². The molecule has 0 aromatic carbocycles. The number of carbonyl (C=O) groups excluding carboxylic acids is 2. The minimum Gasteiger partial charge on any atom is -0.380 e. The highest BCUT2D eigenvalue weighted by atomic mass is 19.4. The summed E-state index contributed by atoms with van der Waals surface area (Å²) in [6, 6.07) is 2.78. The number of methoxy groups -OCH3 is 1.